The van der Waals surface area contributed by atoms with Crippen LogP contribution in [0.1, 0.15) is 33.6 Å². The van der Waals surface area contributed by atoms with Gasteiger partial charge in [-0.15, -0.1) is 0 Å². The molecule has 1 unspecified atom stereocenters. The molecule has 1 aliphatic rings. The van der Waals surface area contributed by atoms with Gasteiger partial charge in [-0.1, -0.05) is 20.8 Å². The van der Waals surface area contributed by atoms with Crippen molar-refractivity contribution in [2.24, 2.45) is 5.92 Å². The molecule has 2 nitrogen and oxygen atoms in total. The van der Waals surface area contributed by atoms with Crippen LogP contribution < -0.4 is 5.32 Å². The minimum absolute atomic E-state index is 0.0752. The molecule has 2 heteroatoms. The zero-order valence-corrected chi connectivity index (χ0v) is 7.93. The van der Waals surface area contributed by atoms with E-state index in [1.807, 2.05) is 0 Å². The van der Waals surface area contributed by atoms with E-state index in [4.69, 9.17) is 5.11 Å². The molecule has 1 rings (SSSR count). The zero-order valence-electron chi connectivity index (χ0n) is 7.93. The Kier molecular flexibility index (Phi) is 6.57. The number of aliphatic hydroxyl groups is 1. The van der Waals surface area contributed by atoms with Crippen LogP contribution in [0, 0.1) is 5.92 Å². The maximum atomic E-state index is 8.85. The van der Waals surface area contributed by atoms with E-state index in [9.17, 15) is 0 Å². The molecule has 68 valence electrons. The van der Waals surface area contributed by atoms with Crippen molar-refractivity contribution in [1.29, 1.82) is 0 Å². The molecule has 0 saturated carbocycles. The van der Waals surface area contributed by atoms with Gasteiger partial charge in [0.25, 0.3) is 0 Å². The number of piperidine rings is 1. The van der Waals surface area contributed by atoms with Gasteiger partial charge in [0.05, 0.1) is 6.10 Å². The van der Waals surface area contributed by atoms with Crippen molar-refractivity contribution in [2.45, 2.75) is 39.7 Å². The van der Waals surface area contributed by atoms with Gasteiger partial charge in [0.2, 0.25) is 0 Å². The van der Waals surface area contributed by atoms with Crippen molar-refractivity contribution in [2.75, 3.05) is 13.1 Å². The number of hydrogen-bond acceptors (Lipinski definition) is 2. The second kappa shape index (κ2) is 6.62. The monoisotopic (exact) mass is 159 g/mol. The van der Waals surface area contributed by atoms with E-state index >= 15 is 0 Å². The molecule has 0 radical (unpaired) electrons. The molecule has 1 aliphatic heterocycles. The van der Waals surface area contributed by atoms with Gasteiger partial charge < -0.3 is 10.4 Å². The second-order valence-electron chi connectivity index (χ2n) is 3.73. The lowest BCUT2D eigenvalue weighted by atomic mass is 10.1. The highest BCUT2D eigenvalue weighted by molar-refractivity contribution is 4.65. The van der Waals surface area contributed by atoms with E-state index in [1.165, 1.54) is 0 Å². The van der Waals surface area contributed by atoms with Crippen LogP contribution in [-0.2, 0) is 0 Å². The minimum atomic E-state index is -0.0752. The van der Waals surface area contributed by atoms with Gasteiger partial charge in [0.1, 0.15) is 0 Å². The summed E-state index contributed by atoms with van der Waals surface area (Å²) in [4.78, 5) is 0. The van der Waals surface area contributed by atoms with Crippen molar-refractivity contribution in [3.63, 3.8) is 0 Å². The minimum Gasteiger partial charge on any atom is -0.392 e. The van der Waals surface area contributed by atoms with E-state index in [0.717, 1.165) is 31.8 Å². The molecule has 0 bridgehead atoms. The SMILES string of the molecule is CC(C)C.OC1CCCNC1. The molecular weight excluding hydrogens is 138 g/mol. The summed E-state index contributed by atoms with van der Waals surface area (Å²) < 4.78 is 0. The normalized spacial score (nSPS) is 24.3. The van der Waals surface area contributed by atoms with E-state index in [-0.39, 0.29) is 6.10 Å². The van der Waals surface area contributed by atoms with Gasteiger partial charge in [-0.2, -0.15) is 0 Å². The smallest absolute Gasteiger partial charge is 0.0665 e. The molecule has 1 atom stereocenters. The zero-order chi connectivity index (χ0) is 8.69. The molecule has 0 spiro atoms. The van der Waals surface area contributed by atoms with Gasteiger partial charge in [-0.25, -0.2) is 0 Å². The Balaban J connectivity index is 0.000000218. The van der Waals surface area contributed by atoms with Gasteiger partial charge in [0.15, 0.2) is 0 Å². The fourth-order valence-corrected chi connectivity index (χ4v) is 0.833. The first kappa shape index (κ1) is 10.9. The Labute approximate surface area is 70.0 Å². The van der Waals surface area contributed by atoms with Crippen molar-refractivity contribution >= 4 is 0 Å². The fraction of sp³-hybridized carbons (Fsp3) is 1.00. The van der Waals surface area contributed by atoms with Gasteiger partial charge in [-0.05, 0) is 25.3 Å². The highest BCUT2D eigenvalue weighted by atomic mass is 16.3. The maximum absolute atomic E-state index is 8.85. The van der Waals surface area contributed by atoms with E-state index in [2.05, 4.69) is 26.1 Å². The van der Waals surface area contributed by atoms with Crippen LogP contribution >= 0.6 is 0 Å². The van der Waals surface area contributed by atoms with Crippen LogP contribution in [-0.4, -0.2) is 24.3 Å². The average molecular weight is 159 g/mol. The van der Waals surface area contributed by atoms with E-state index in [0.29, 0.717) is 0 Å². The molecule has 1 saturated heterocycles. The van der Waals surface area contributed by atoms with Gasteiger partial charge in [-0.3, -0.25) is 0 Å². The Bertz CT molecular complexity index is 74.9. The summed E-state index contributed by atoms with van der Waals surface area (Å²) in [5, 5.41) is 11.9. The number of aliphatic hydroxyl groups excluding tert-OH is 1. The Morgan fingerprint density at radius 1 is 1.36 bits per heavy atom. The van der Waals surface area contributed by atoms with Crippen LogP contribution in [0.3, 0.4) is 0 Å². The Hall–Kier alpha value is -0.0800. The molecule has 0 aromatic rings. The molecule has 0 aliphatic carbocycles. The third-order valence-corrected chi connectivity index (χ3v) is 1.27. The third kappa shape index (κ3) is 9.92. The highest BCUT2D eigenvalue weighted by Gasteiger charge is 2.06. The topological polar surface area (TPSA) is 32.3 Å². The number of nitrogens with one attached hydrogen (secondary N) is 1. The first-order valence-corrected chi connectivity index (χ1v) is 4.51. The van der Waals surface area contributed by atoms with Crippen LogP contribution in [0.25, 0.3) is 0 Å². The van der Waals surface area contributed by atoms with Crippen molar-refractivity contribution in [1.82, 2.24) is 5.32 Å². The summed E-state index contributed by atoms with van der Waals surface area (Å²) in [6.07, 6.45) is 2.03. The summed E-state index contributed by atoms with van der Waals surface area (Å²) in [6, 6.07) is 0. The Morgan fingerprint density at radius 2 is 1.91 bits per heavy atom. The lowest BCUT2D eigenvalue weighted by molar-refractivity contribution is 0.142. The summed E-state index contributed by atoms with van der Waals surface area (Å²) in [7, 11) is 0. The summed E-state index contributed by atoms with van der Waals surface area (Å²) in [5.41, 5.74) is 0. The first-order valence-electron chi connectivity index (χ1n) is 4.51. The lowest BCUT2D eigenvalue weighted by Gasteiger charge is -2.16. The lowest BCUT2D eigenvalue weighted by Crippen LogP contribution is -2.33. The van der Waals surface area contributed by atoms with Crippen LogP contribution in [0.2, 0.25) is 0 Å². The van der Waals surface area contributed by atoms with Crippen molar-refractivity contribution in [3.05, 3.63) is 0 Å². The molecule has 0 aromatic heterocycles. The maximum Gasteiger partial charge on any atom is 0.0665 e. The van der Waals surface area contributed by atoms with E-state index < -0.39 is 0 Å². The largest absolute Gasteiger partial charge is 0.392 e. The molecule has 0 aromatic carbocycles. The molecule has 0 amide bonds. The summed E-state index contributed by atoms with van der Waals surface area (Å²) in [6.45, 7) is 8.37. The fourth-order valence-electron chi connectivity index (χ4n) is 0.833. The predicted molar refractivity (Wildman–Crippen MR) is 48.6 cm³/mol. The third-order valence-electron chi connectivity index (χ3n) is 1.27. The second-order valence-corrected chi connectivity index (χ2v) is 3.73. The number of β-amino-alcohol motifs (C(OH)–C–C–N with tert-alkyl or cyclic N) is 1. The summed E-state index contributed by atoms with van der Waals surface area (Å²) >= 11 is 0. The Morgan fingerprint density at radius 3 is 2.09 bits per heavy atom. The molecule has 11 heavy (non-hydrogen) atoms. The van der Waals surface area contributed by atoms with E-state index in [1.54, 1.807) is 0 Å². The molecule has 1 heterocycles. The molecular formula is C9H21NO. The standard InChI is InChI=1S/C5H11NO.C4H10/c7-5-2-1-3-6-4-5;1-4(2)3/h5-7H,1-4H2;4H,1-3H3. The summed E-state index contributed by atoms with van der Waals surface area (Å²) in [5.74, 6) is 0.833. The van der Waals surface area contributed by atoms with Gasteiger partial charge >= 0.3 is 0 Å². The average Bonchev–Trinajstić information content (AvgIpc) is 1.87. The van der Waals surface area contributed by atoms with Gasteiger partial charge in [0, 0.05) is 6.54 Å². The predicted octanol–water partition coefficient (Wildman–Crippen LogP) is 1.39. The molecule has 1 fully saturated rings. The first-order chi connectivity index (χ1) is 5.13. The molecule has 2 N–H and O–H groups in total. The van der Waals surface area contributed by atoms with Crippen LogP contribution in [0.4, 0.5) is 0 Å². The quantitative estimate of drug-likeness (QED) is 0.560. The van der Waals surface area contributed by atoms with Crippen LogP contribution in [0.5, 0.6) is 0 Å². The van der Waals surface area contributed by atoms with Crippen molar-refractivity contribution in [3.8, 4) is 0 Å². The van der Waals surface area contributed by atoms with Crippen LogP contribution in [0.15, 0.2) is 0 Å². The number of hydrogen-bond donors (Lipinski definition) is 2. The number of rotatable bonds is 0. The van der Waals surface area contributed by atoms with Crippen molar-refractivity contribution < 1.29 is 5.11 Å². The highest BCUT2D eigenvalue weighted by Crippen LogP contribution is 1.98.